The van der Waals surface area contributed by atoms with E-state index in [1.54, 1.807) is 13.0 Å². The average molecular weight is 1160 g/mol. The molecular formula is C47H39N9O15S6. The second-order valence-corrected chi connectivity index (χ2v) is 25.2. The molecule has 0 unspecified atom stereocenters. The molecule has 8 rings (SSSR count). The maximum Gasteiger partial charge on any atom is 0.297 e. The minimum atomic E-state index is -4.75. The van der Waals surface area contributed by atoms with Crippen molar-refractivity contribution in [2.24, 2.45) is 20.5 Å². The molecule has 0 spiro atoms. The second kappa shape index (κ2) is 21.8. The number of anilines is 4. The van der Waals surface area contributed by atoms with E-state index in [1.165, 1.54) is 54.6 Å². The standard InChI is InChI=1S/C47H39N9O15S6/c1-27-39(25-48)44(49-32-12-16-35(17-13-32)74(60,61)68-2)52-45(50-33-14-18-36(19-15-33)75(62,63)69-3)42(27)54-56-47-51-43(31-11-10-29-8-6-7-9-30(29)22-31)46(72-47)55-53-34-23-38-37(41(24-34)77(66,67)71-5)20-28(26-73(57,58)59)21-40(38)76(64,65)70-4/h6-24H,26H2,1-5H3,(H2,49,50,52)(H,57,58,59). The lowest BCUT2D eigenvalue weighted by atomic mass is 10.1. The molecular weight excluding hydrogens is 1120 g/mol. The molecule has 8 aromatic rings. The topological polar surface area (TPSA) is 351 Å². The molecule has 0 bridgehead atoms. The molecule has 0 fully saturated rings. The lowest BCUT2D eigenvalue weighted by Gasteiger charge is -2.16. The van der Waals surface area contributed by atoms with Gasteiger partial charge in [-0.1, -0.05) is 47.7 Å². The number of benzene rings is 6. The van der Waals surface area contributed by atoms with Crippen molar-refractivity contribution in [2.75, 3.05) is 39.1 Å². The minimum Gasteiger partial charge on any atom is -0.339 e. The zero-order valence-electron chi connectivity index (χ0n) is 40.4. The lowest BCUT2D eigenvalue weighted by molar-refractivity contribution is 0.396. The summed E-state index contributed by atoms with van der Waals surface area (Å²) >= 11 is 0.865. The predicted octanol–water partition coefficient (Wildman–Crippen LogP) is 9.74. The van der Waals surface area contributed by atoms with Crippen LogP contribution in [0.15, 0.2) is 155 Å². The molecule has 3 N–H and O–H groups in total. The third-order valence-electron chi connectivity index (χ3n) is 11.3. The van der Waals surface area contributed by atoms with Crippen LogP contribution in [0.4, 0.5) is 44.5 Å². The number of azo groups is 2. The summed E-state index contributed by atoms with van der Waals surface area (Å²) in [5.74, 6) is -1.08. The Morgan fingerprint density at radius 3 is 1.70 bits per heavy atom. The molecule has 6 aromatic carbocycles. The molecule has 398 valence electrons. The first-order chi connectivity index (χ1) is 36.4. The lowest BCUT2D eigenvalue weighted by Crippen LogP contribution is -2.09. The Kier molecular flexibility index (Phi) is 15.8. The van der Waals surface area contributed by atoms with Crippen molar-refractivity contribution < 1.29 is 63.4 Å². The van der Waals surface area contributed by atoms with Crippen molar-refractivity contribution in [3.8, 4) is 17.3 Å². The predicted molar refractivity (Wildman–Crippen MR) is 283 cm³/mol. The Morgan fingerprint density at radius 2 is 1.14 bits per heavy atom. The first kappa shape index (κ1) is 55.7. The molecule has 24 nitrogen and oxygen atoms in total. The Balaban J connectivity index is 1.28. The van der Waals surface area contributed by atoms with Crippen LogP contribution < -0.4 is 10.6 Å². The molecule has 2 aromatic heterocycles. The van der Waals surface area contributed by atoms with E-state index in [1.807, 2.05) is 36.4 Å². The van der Waals surface area contributed by atoms with Gasteiger partial charge in [-0.3, -0.25) is 21.3 Å². The van der Waals surface area contributed by atoms with Crippen LogP contribution in [-0.2, 0) is 73.1 Å². The van der Waals surface area contributed by atoms with E-state index >= 15 is 0 Å². The van der Waals surface area contributed by atoms with Gasteiger partial charge in [-0.15, -0.1) is 20.5 Å². The van der Waals surface area contributed by atoms with E-state index < -0.39 is 66.1 Å². The summed E-state index contributed by atoms with van der Waals surface area (Å²) < 4.78 is 155. The van der Waals surface area contributed by atoms with E-state index in [0.29, 0.717) is 16.9 Å². The highest BCUT2D eigenvalue weighted by Gasteiger charge is 2.27. The highest BCUT2D eigenvalue weighted by atomic mass is 32.2. The van der Waals surface area contributed by atoms with Gasteiger partial charge in [0.05, 0.1) is 49.5 Å². The fraction of sp³-hybridized carbons (Fsp3) is 0.128. The number of thiazole rings is 1. The number of hydrogen-bond donors (Lipinski definition) is 3. The molecule has 0 amide bonds. The summed E-state index contributed by atoms with van der Waals surface area (Å²) in [4.78, 5) is 7.84. The first-order valence-electron chi connectivity index (χ1n) is 21.7. The Morgan fingerprint density at radius 1 is 0.597 bits per heavy atom. The molecule has 0 aliphatic heterocycles. The summed E-state index contributed by atoms with van der Waals surface area (Å²) in [7, 11) is -18.5. The van der Waals surface area contributed by atoms with Crippen molar-refractivity contribution in [3.05, 3.63) is 132 Å². The quantitative estimate of drug-likeness (QED) is 0.0385. The number of nitriles is 1. The highest BCUT2D eigenvalue weighted by Crippen LogP contribution is 2.44. The Hall–Kier alpha value is -7.54. The van der Waals surface area contributed by atoms with E-state index in [4.69, 9.17) is 13.4 Å². The average Bonchev–Trinajstić information content (AvgIpc) is 3.83. The molecule has 0 atom stereocenters. The van der Waals surface area contributed by atoms with Crippen molar-refractivity contribution in [1.29, 1.82) is 5.26 Å². The number of fused-ring (bicyclic) bond motifs is 2. The molecule has 0 aliphatic carbocycles. The van der Waals surface area contributed by atoms with Crippen LogP contribution in [0.5, 0.6) is 0 Å². The number of pyridine rings is 1. The molecule has 2 heterocycles. The van der Waals surface area contributed by atoms with Crippen molar-refractivity contribution in [2.45, 2.75) is 32.3 Å². The van der Waals surface area contributed by atoms with Crippen LogP contribution in [0.3, 0.4) is 0 Å². The third-order valence-corrected chi connectivity index (χ3v) is 18.0. The molecule has 77 heavy (non-hydrogen) atoms. The van der Waals surface area contributed by atoms with Gasteiger partial charge < -0.3 is 10.6 Å². The van der Waals surface area contributed by atoms with Gasteiger partial charge in [0.25, 0.3) is 50.6 Å². The number of hydrogen-bond acceptors (Lipinski definition) is 24. The number of nitrogens with one attached hydrogen (secondary N) is 2. The number of nitrogens with zero attached hydrogens (tertiary/aromatic N) is 7. The van der Waals surface area contributed by atoms with Gasteiger partial charge >= 0.3 is 0 Å². The summed E-state index contributed by atoms with van der Waals surface area (Å²) in [5, 5.41) is 35.5. The zero-order chi connectivity index (χ0) is 55.7. The number of rotatable bonds is 19. The van der Waals surface area contributed by atoms with E-state index in [9.17, 15) is 51.9 Å². The van der Waals surface area contributed by atoms with Gasteiger partial charge in [-0.05, 0) is 102 Å². The first-order valence-corrected chi connectivity index (χ1v) is 29.8. The normalized spacial score (nSPS) is 12.7. The van der Waals surface area contributed by atoms with Crippen LogP contribution in [0, 0.1) is 18.3 Å². The summed E-state index contributed by atoms with van der Waals surface area (Å²) in [6.45, 7) is 1.57. The fourth-order valence-corrected chi connectivity index (χ4v) is 12.0. The smallest absolute Gasteiger partial charge is 0.297 e. The number of aromatic nitrogens is 2. The monoisotopic (exact) mass is 1160 g/mol. The molecule has 0 saturated carbocycles. The summed E-state index contributed by atoms with van der Waals surface area (Å²) in [6, 6.07) is 30.0. The van der Waals surface area contributed by atoms with E-state index in [0.717, 1.165) is 68.7 Å². The van der Waals surface area contributed by atoms with E-state index in [2.05, 4.69) is 50.5 Å². The minimum absolute atomic E-state index is 0.00187. The third kappa shape index (κ3) is 12.2. The van der Waals surface area contributed by atoms with Crippen LogP contribution in [-0.4, -0.2) is 85.0 Å². The summed E-state index contributed by atoms with van der Waals surface area (Å²) in [5.41, 5.74) is 1.07. The second-order valence-electron chi connectivity index (χ2n) is 16.0. The maximum absolute atomic E-state index is 13.5. The van der Waals surface area contributed by atoms with E-state index in [-0.39, 0.29) is 76.1 Å². The van der Waals surface area contributed by atoms with Crippen LogP contribution >= 0.6 is 11.3 Å². The Labute approximate surface area is 445 Å². The van der Waals surface area contributed by atoms with Crippen molar-refractivity contribution in [1.82, 2.24) is 9.97 Å². The van der Waals surface area contributed by atoms with Gasteiger partial charge in [0.15, 0.2) is 16.6 Å². The Bertz CT molecular complexity index is 4360. The van der Waals surface area contributed by atoms with Crippen LogP contribution in [0.2, 0.25) is 0 Å². The molecule has 0 saturated heterocycles. The van der Waals surface area contributed by atoms with Gasteiger partial charge in [-0.2, -0.15) is 47.4 Å². The van der Waals surface area contributed by atoms with Gasteiger partial charge in [0, 0.05) is 33.3 Å². The van der Waals surface area contributed by atoms with Crippen LogP contribution in [0.1, 0.15) is 16.7 Å². The fourth-order valence-electron chi connectivity index (χ4n) is 7.52. The summed E-state index contributed by atoms with van der Waals surface area (Å²) in [6.07, 6.45) is 0. The van der Waals surface area contributed by atoms with Gasteiger partial charge in [0.2, 0.25) is 5.13 Å². The molecule has 0 radical (unpaired) electrons. The maximum atomic E-state index is 13.5. The van der Waals surface area contributed by atoms with Crippen LogP contribution in [0.25, 0.3) is 32.8 Å². The van der Waals surface area contributed by atoms with Gasteiger partial charge in [0.1, 0.15) is 33.0 Å². The van der Waals surface area contributed by atoms with Crippen molar-refractivity contribution >= 4 is 128 Å². The molecule has 30 heteroatoms. The highest BCUT2D eigenvalue weighted by molar-refractivity contribution is 7.88. The SMILES string of the molecule is COS(=O)(=O)c1ccc(Nc2nc(Nc3ccc(S(=O)(=O)OC)cc3)c(N=Nc3nc(-c4ccc5ccccc5c4)c(N=Nc4cc(S(=O)(=O)OC)c5cc(CS(=O)(=O)O)cc(S(=O)(=O)OC)c5c4)s3)c(C)c2C#N)cc1. The largest absolute Gasteiger partial charge is 0.339 e. The van der Waals surface area contributed by atoms with Crippen molar-refractivity contribution in [3.63, 3.8) is 0 Å². The molecule has 0 aliphatic rings. The zero-order valence-corrected chi connectivity index (χ0v) is 45.3. The van der Waals surface area contributed by atoms with Gasteiger partial charge in [-0.25, -0.2) is 9.97 Å².